The summed E-state index contributed by atoms with van der Waals surface area (Å²) in [7, 11) is 0. The van der Waals surface area contributed by atoms with Crippen LogP contribution in [0.1, 0.15) is 6.23 Å². The fourth-order valence-electron chi connectivity index (χ4n) is 2.31. The van der Waals surface area contributed by atoms with Gasteiger partial charge in [0.1, 0.15) is 24.4 Å². The van der Waals surface area contributed by atoms with Gasteiger partial charge in [-0.05, 0) is 0 Å². The Bertz CT molecular complexity index is 697. The lowest BCUT2D eigenvalue weighted by atomic mass is 9.98. The molecular formula is C11H13N4O6. The Labute approximate surface area is 117 Å². The van der Waals surface area contributed by atoms with E-state index in [-0.39, 0.29) is 11.2 Å². The zero-order valence-electron chi connectivity index (χ0n) is 10.6. The summed E-state index contributed by atoms with van der Waals surface area (Å²) in [5, 5.41) is 38.7. The van der Waals surface area contributed by atoms with Gasteiger partial charge in [-0.1, -0.05) is 0 Å². The van der Waals surface area contributed by atoms with Gasteiger partial charge in [-0.3, -0.25) is 9.36 Å². The lowest BCUT2D eigenvalue weighted by molar-refractivity contribution is -0.250. The second-order valence-corrected chi connectivity index (χ2v) is 4.72. The third kappa shape index (κ3) is 2.13. The van der Waals surface area contributed by atoms with Crippen LogP contribution in [0.15, 0.2) is 11.1 Å². The summed E-state index contributed by atoms with van der Waals surface area (Å²) in [5.74, 6) is 0. The van der Waals surface area contributed by atoms with E-state index in [1.165, 1.54) is 10.9 Å². The third-order valence-electron chi connectivity index (χ3n) is 3.46. The zero-order chi connectivity index (χ0) is 15.1. The van der Waals surface area contributed by atoms with Crippen LogP contribution in [0, 0.1) is 6.33 Å². The van der Waals surface area contributed by atoms with Crippen LogP contribution >= 0.6 is 0 Å². The second-order valence-electron chi connectivity index (χ2n) is 4.72. The molecule has 1 saturated heterocycles. The van der Waals surface area contributed by atoms with Crippen LogP contribution in [-0.4, -0.2) is 71.0 Å². The van der Waals surface area contributed by atoms with E-state index >= 15 is 0 Å². The van der Waals surface area contributed by atoms with E-state index in [1.54, 1.807) is 0 Å². The Kier molecular flexibility index (Phi) is 3.47. The number of aliphatic hydroxyl groups is 4. The number of H-pyrrole nitrogens is 1. The minimum Gasteiger partial charge on any atom is -0.394 e. The van der Waals surface area contributed by atoms with Crippen LogP contribution in [0.5, 0.6) is 0 Å². The molecule has 113 valence electrons. The van der Waals surface area contributed by atoms with Crippen molar-refractivity contribution < 1.29 is 25.2 Å². The number of aromatic nitrogens is 4. The Morgan fingerprint density at radius 2 is 2.10 bits per heavy atom. The van der Waals surface area contributed by atoms with Crippen molar-refractivity contribution in [3.8, 4) is 0 Å². The molecule has 2 aromatic heterocycles. The van der Waals surface area contributed by atoms with Crippen molar-refractivity contribution in [3.05, 3.63) is 23.0 Å². The number of nitrogens with one attached hydrogen (secondary N) is 1. The van der Waals surface area contributed by atoms with Gasteiger partial charge < -0.3 is 30.1 Å². The van der Waals surface area contributed by atoms with E-state index < -0.39 is 42.8 Å². The maximum Gasteiger partial charge on any atom is 0.279 e. The molecule has 5 N–H and O–H groups in total. The van der Waals surface area contributed by atoms with Crippen molar-refractivity contribution in [2.45, 2.75) is 30.6 Å². The Hall–Kier alpha value is -1.85. The van der Waals surface area contributed by atoms with Gasteiger partial charge in [0.15, 0.2) is 23.7 Å². The van der Waals surface area contributed by atoms with Crippen molar-refractivity contribution in [2.75, 3.05) is 6.61 Å². The minimum atomic E-state index is -1.52. The van der Waals surface area contributed by atoms with Gasteiger partial charge in [0.2, 0.25) is 0 Å². The Balaban J connectivity index is 2.05. The van der Waals surface area contributed by atoms with E-state index in [2.05, 4.69) is 21.3 Å². The number of nitrogens with zero attached hydrogens (tertiary/aromatic N) is 3. The Morgan fingerprint density at radius 1 is 1.33 bits per heavy atom. The molecule has 0 aliphatic carbocycles. The van der Waals surface area contributed by atoms with E-state index in [1.807, 2.05) is 0 Å². The molecular weight excluding hydrogens is 284 g/mol. The molecule has 0 amide bonds. The number of imidazole rings is 1. The first-order valence-corrected chi connectivity index (χ1v) is 6.18. The van der Waals surface area contributed by atoms with Crippen LogP contribution in [0.4, 0.5) is 0 Å². The number of aromatic amines is 1. The molecule has 0 spiro atoms. The van der Waals surface area contributed by atoms with Crippen LogP contribution in [0.3, 0.4) is 0 Å². The highest BCUT2D eigenvalue weighted by molar-refractivity contribution is 5.68. The molecule has 0 bridgehead atoms. The van der Waals surface area contributed by atoms with Crippen molar-refractivity contribution in [2.24, 2.45) is 0 Å². The van der Waals surface area contributed by atoms with E-state index in [9.17, 15) is 20.1 Å². The summed E-state index contributed by atoms with van der Waals surface area (Å²) in [5.41, 5.74) is -0.392. The van der Waals surface area contributed by atoms with Gasteiger partial charge >= 0.3 is 0 Å². The maximum atomic E-state index is 11.6. The molecule has 1 aliphatic heterocycles. The second kappa shape index (κ2) is 5.16. The fourth-order valence-corrected chi connectivity index (χ4v) is 2.31. The lowest BCUT2D eigenvalue weighted by Crippen LogP contribution is -2.56. The minimum absolute atomic E-state index is 0.0192. The summed E-state index contributed by atoms with van der Waals surface area (Å²) in [6.45, 7) is -0.547. The molecule has 3 heterocycles. The van der Waals surface area contributed by atoms with E-state index in [4.69, 9.17) is 9.84 Å². The number of hydrogen-bond donors (Lipinski definition) is 5. The van der Waals surface area contributed by atoms with Gasteiger partial charge in [0.05, 0.1) is 12.9 Å². The molecule has 0 unspecified atom stereocenters. The van der Waals surface area contributed by atoms with E-state index in [0.29, 0.717) is 0 Å². The fraction of sp³-hybridized carbons (Fsp3) is 0.545. The molecule has 3 rings (SSSR count). The molecule has 0 saturated carbocycles. The summed E-state index contributed by atoms with van der Waals surface area (Å²) in [4.78, 5) is 21.5. The van der Waals surface area contributed by atoms with Gasteiger partial charge in [-0.25, -0.2) is 9.97 Å². The first-order valence-electron chi connectivity index (χ1n) is 6.18. The SMILES string of the molecule is O=c1[nH][c]nc2c1ncn2[C@@H]1O[C@H](CO)[C@@H](O)[C@H](O)[C@H]1O. The van der Waals surface area contributed by atoms with Crippen molar-refractivity contribution in [1.29, 1.82) is 0 Å². The van der Waals surface area contributed by atoms with Gasteiger partial charge in [0.25, 0.3) is 5.56 Å². The first-order chi connectivity index (χ1) is 10.0. The third-order valence-corrected chi connectivity index (χ3v) is 3.46. The average Bonchev–Trinajstić information content (AvgIpc) is 2.91. The average molecular weight is 297 g/mol. The number of hydrogen-bond acceptors (Lipinski definition) is 8. The first kappa shape index (κ1) is 14.1. The monoisotopic (exact) mass is 297 g/mol. The van der Waals surface area contributed by atoms with Gasteiger partial charge in [-0.15, -0.1) is 0 Å². The summed E-state index contributed by atoms with van der Waals surface area (Å²) in [6.07, 6.45) is -3.19. The van der Waals surface area contributed by atoms with Gasteiger partial charge in [0, 0.05) is 0 Å². The number of aliphatic hydroxyl groups excluding tert-OH is 4. The molecule has 10 heteroatoms. The normalized spacial score (nSPS) is 33.4. The molecule has 5 atom stereocenters. The van der Waals surface area contributed by atoms with Crippen LogP contribution in [0.25, 0.3) is 11.2 Å². The summed E-state index contributed by atoms with van der Waals surface area (Å²) >= 11 is 0. The predicted molar refractivity (Wildman–Crippen MR) is 66.0 cm³/mol. The smallest absolute Gasteiger partial charge is 0.279 e. The summed E-state index contributed by atoms with van der Waals surface area (Å²) < 4.78 is 6.61. The predicted octanol–water partition coefficient (Wildman–Crippen LogP) is -3.11. The van der Waals surface area contributed by atoms with Gasteiger partial charge in [-0.2, -0.15) is 0 Å². The molecule has 1 fully saturated rings. The quantitative estimate of drug-likeness (QED) is 0.390. The van der Waals surface area contributed by atoms with Crippen LogP contribution < -0.4 is 5.56 Å². The summed E-state index contributed by atoms with van der Waals surface area (Å²) in [6, 6.07) is 0. The molecule has 0 aromatic carbocycles. The molecule has 21 heavy (non-hydrogen) atoms. The molecule has 1 radical (unpaired) electrons. The van der Waals surface area contributed by atoms with Crippen LogP contribution in [-0.2, 0) is 4.74 Å². The molecule has 10 nitrogen and oxygen atoms in total. The lowest BCUT2D eigenvalue weighted by Gasteiger charge is -2.40. The molecule has 2 aromatic rings. The Morgan fingerprint density at radius 3 is 2.81 bits per heavy atom. The van der Waals surface area contributed by atoms with Crippen molar-refractivity contribution >= 4 is 11.2 Å². The highest BCUT2D eigenvalue weighted by Gasteiger charge is 2.44. The number of ether oxygens (including phenoxy) is 1. The van der Waals surface area contributed by atoms with E-state index in [0.717, 1.165) is 0 Å². The highest BCUT2D eigenvalue weighted by Crippen LogP contribution is 2.29. The number of fused-ring (bicyclic) bond motifs is 1. The highest BCUT2D eigenvalue weighted by atomic mass is 16.6. The zero-order valence-corrected chi connectivity index (χ0v) is 10.6. The van der Waals surface area contributed by atoms with Crippen molar-refractivity contribution in [1.82, 2.24) is 19.5 Å². The maximum absolute atomic E-state index is 11.6. The van der Waals surface area contributed by atoms with Crippen LogP contribution in [0.2, 0.25) is 0 Å². The van der Waals surface area contributed by atoms with Crippen molar-refractivity contribution in [3.63, 3.8) is 0 Å². The molecule has 1 aliphatic rings. The largest absolute Gasteiger partial charge is 0.394 e. The number of rotatable bonds is 2. The topological polar surface area (TPSA) is 154 Å². The standard InChI is InChI=1S/C11H13N4O6/c16-1-4-6(17)7(18)8(19)11(21-4)15-3-14-5-9(15)12-2-13-10(5)20/h3-4,6-8,11,16-19H,1H2,(H,12,13,20)/t4-,6-,7+,8-,11-/m1/s1.